The molecule has 0 amide bonds. The molecule has 1 saturated heterocycles. The molecule has 2 N–H and O–H groups in total. The molecule has 2 fully saturated rings. The van der Waals surface area contributed by atoms with Gasteiger partial charge in [-0.2, -0.15) is 0 Å². The minimum atomic E-state index is -0.185. The summed E-state index contributed by atoms with van der Waals surface area (Å²) in [5, 5.41) is 6.90. The Bertz CT molecular complexity index is 232. The quantitative estimate of drug-likeness (QED) is 0.661. The molecule has 0 aromatic rings. The maximum atomic E-state index is 5.77. The maximum absolute atomic E-state index is 5.77. The Hall–Kier alpha value is -0.160. The number of rotatable bonds is 8. The average molecular weight is 270 g/mol. The summed E-state index contributed by atoms with van der Waals surface area (Å²) in [4.78, 5) is 0. The van der Waals surface area contributed by atoms with Gasteiger partial charge in [-0.1, -0.05) is 6.92 Å². The summed E-state index contributed by atoms with van der Waals surface area (Å²) < 4.78 is 11.5. The molecule has 1 aliphatic carbocycles. The normalized spacial score (nSPS) is 23.2. The molecule has 1 saturated carbocycles. The maximum Gasteiger partial charge on any atom is 0.168 e. The van der Waals surface area contributed by atoms with Crippen molar-refractivity contribution in [3.8, 4) is 0 Å². The van der Waals surface area contributed by atoms with E-state index < -0.39 is 0 Å². The van der Waals surface area contributed by atoms with Gasteiger partial charge < -0.3 is 20.1 Å². The van der Waals surface area contributed by atoms with Crippen LogP contribution in [-0.2, 0) is 9.47 Å². The van der Waals surface area contributed by atoms with Gasteiger partial charge in [-0.25, -0.2) is 0 Å². The molecule has 4 nitrogen and oxygen atoms in total. The Balaban J connectivity index is 1.47. The second-order valence-electron chi connectivity index (χ2n) is 5.80. The molecule has 112 valence electrons. The molecule has 1 aliphatic heterocycles. The summed E-state index contributed by atoms with van der Waals surface area (Å²) in [5.41, 5.74) is 0. The van der Waals surface area contributed by atoms with Crippen LogP contribution in [0.4, 0.5) is 0 Å². The third-order valence-corrected chi connectivity index (χ3v) is 4.37. The monoisotopic (exact) mass is 270 g/mol. The molecular weight excluding hydrogens is 240 g/mol. The SMILES string of the molecule is CCNCCCNCCC1CCC2(CC1)OCCO2. The Morgan fingerprint density at radius 1 is 1.00 bits per heavy atom. The van der Waals surface area contributed by atoms with Gasteiger partial charge in [-0.3, -0.25) is 0 Å². The lowest BCUT2D eigenvalue weighted by Gasteiger charge is -2.35. The first-order chi connectivity index (χ1) is 9.35. The first kappa shape index (κ1) is 15.2. The number of hydrogen-bond donors (Lipinski definition) is 2. The molecule has 0 aromatic carbocycles. The van der Waals surface area contributed by atoms with Gasteiger partial charge in [0.25, 0.3) is 0 Å². The molecular formula is C15H30N2O2. The molecule has 19 heavy (non-hydrogen) atoms. The predicted molar refractivity (Wildman–Crippen MR) is 77.2 cm³/mol. The Morgan fingerprint density at radius 2 is 1.68 bits per heavy atom. The molecule has 1 heterocycles. The van der Waals surface area contributed by atoms with E-state index in [-0.39, 0.29) is 5.79 Å². The standard InChI is InChI=1S/C15H30N2O2/c1-2-16-9-3-10-17-11-6-14-4-7-15(8-5-14)18-12-13-19-15/h14,16-17H,2-13H2,1H3. The minimum absolute atomic E-state index is 0.185. The zero-order valence-corrected chi connectivity index (χ0v) is 12.4. The van der Waals surface area contributed by atoms with Crippen LogP contribution in [0.1, 0.15) is 45.4 Å². The third kappa shape index (κ3) is 5.03. The van der Waals surface area contributed by atoms with Gasteiger partial charge in [0.15, 0.2) is 5.79 Å². The first-order valence-corrected chi connectivity index (χ1v) is 8.04. The summed E-state index contributed by atoms with van der Waals surface area (Å²) in [7, 11) is 0. The zero-order valence-electron chi connectivity index (χ0n) is 12.4. The van der Waals surface area contributed by atoms with Crippen molar-refractivity contribution >= 4 is 0 Å². The van der Waals surface area contributed by atoms with Crippen molar-refractivity contribution in [2.75, 3.05) is 39.4 Å². The van der Waals surface area contributed by atoms with E-state index >= 15 is 0 Å². The van der Waals surface area contributed by atoms with E-state index in [9.17, 15) is 0 Å². The van der Waals surface area contributed by atoms with Crippen molar-refractivity contribution in [3.63, 3.8) is 0 Å². The molecule has 0 radical (unpaired) electrons. The highest BCUT2D eigenvalue weighted by Gasteiger charge is 2.39. The zero-order chi connectivity index (χ0) is 13.4. The molecule has 2 aliphatic rings. The van der Waals surface area contributed by atoms with Crippen molar-refractivity contribution in [2.45, 2.75) is 51.2 Å². The van der Waals surface area contributed by atoms with Crippen LogP contribution in [-0.4, -0.2) is 45.2 Å². The lowest BCUT2D eigenvalue weighted by atomic mass is 9.83. The van der Waals surface area contributed by atoms with Gasteiger partial charge in [-0.05, 0) is 57.8 Å². The van der Waals surface area contributed by atoms with Crippen molar-refractivity contribution in [2.24, 2.45) is 5.92 Å². The first-order valence-electron chi connectivity index (χ1n) is 8.04. The average Bonchev–Trinajstić information content (AvgIpc) is 2.89. The predicted octanol–water partition coefficient (Wildman–Crippen LogP) is 1.90. The topological polar surface area (TPSA) is 42.5 Å². The molecule has 0 bridgehead atoms. The summed E-state index contributed by atoms with van der Waals surface area (Å²) in [6.07, 6.45) is 7.24. The van der Waals surface area contributed by atoms with E-state index in [0.717, 1.165) is 58.2 Å². The summed E-state index contributed by atoms with van der Waals surface area (Å²) in [6.45, 7) is 8.23. The molecule has 4 heteroatoms. The van der Waals surface area contributed by atoms with Crippen molar-refractivity contribution in [1.29, 1.82) is 0 Å². The van der Waals surface area contributed by atoms with Gasteiger partial charge in [0.05, 0.1) is 13.2 Å². The number of ether oxygens (including phenoxy) is 2. The van der Waals surface area contributed by atoms with E-state index in [0.29, 0.717) is 0 Å². The lowest BCUT2D eigenvalue weighted by Crippen LogP contribution is -2.35. The second kappa shape index (κ2) is 8.20. The highest BCUT2D eigenvalue weighted by Crippen LogP contribution is 2.39. The van der Waals surface area contributed by atoms with Crippen LogP contribution < -0.4 is 10.6 Å². The van der Waals surface area contributed by atoms with E-state index in [2.05, 4.69) is 17.6 Å². The largest absolute Gasteiger partial charge is 0.348 e. The summed E-state index contributed by atoms with van der Waals surface area (Å²) >= 11 is 0. The van der Waals surface area contributed by atoms with Crippen LogP contribution in [0, 0.1) is 5.92 Å². The van der Waals surface area contributed by atoms with Crippen LogP contribution in [0.25, 0.3) is 0 Å². The Kier molecular flexibility index (Phi) is 6.57. The van der Waals surface area contributed by atoms with Crippen molar-refractivity contribution in [1.82, 2.24) is 10.6 Å². The fourth-order valence-electron chi connectivity index (χ4n) is 3.14. The Morgan fingerprint density at radius 3 is 2.37 bits per heavy atom. The van der Waals surface area contributed by atoms with E-state index in [4.69, 9.17) is 9.47 Å². The van der Waals surface area contributed by atoms with Gasteiger partial charge in [0.1, 0.15) is 0 Å². The summed E-state index contributed by atoms with van der Waals surface area (Å²) in [6, 6.07) is 0. The van der Waals surface area contributed by atoms with Crippen LogP contribution in [0.15, 0.2) is 0 Å². The highest BCUT2D eigenvalue weighted by atomic mass is 16.7. The summed E-state index contributed by atoms with van der Waals surface area (Å²) in [5.74, 6) is 0.676. The van der Waals surface area contributed by atoms with Gasteiger partial charge in [0.2, 0.25) is 0 Å². The Labute approximate surface area is 117 Å². The smallest absolute Gasteiger partial charge is 0.168 e. The second-order valence-corrected chi connectivity index (χ2v) is 5.80. The van der Waals surface area contributed by atoms with Crippen molar-refractivity contribution < 1.29 is 9.47 Å². The third-order valence-electron chi connectivity index (χ3n) is 4.37. The van der Waals surface area contributed by atoms with E-state index in [1.807, 2.05) is 0 Å². The molecule has 0 unspecified atom stereocenters. The number of nitrogens with one attached hydrogen (secondary N) is 2. The van der Waals surface area contributed by atoms with Gasteiger partial charge in [0, 0.05) is 12.8 Å². The highest BCUT2D eigenvalue weighted by molar-refractivity contribution is 4.82. The lowest BCUT2D eigenvalue weighted by molar-refractivity contribution is -0.182. The van der Waals surface area contributed by atoms with Crippen LogP contribution in [0.3, 0.4) is 0 Å². The molecule has 0 atom stereocenters. The van der Waals surface area contributed by atoms with Crippen molar-refractivity contribution in [3.05, 3.63) is 0 Å². The van der Waals surface area contributed by atoms with E-state index in [1.165, 1.54) is 25.7 Å². The fraction of sp³-hybridized carbons (Fsp3) is 1.00. The molecule has 2 rings (SSSR count). The minimum Gasteiger partial charge on any atom is -0.348 e. The molecule has 0 aromatic heterocycles. The molecule has 1 spiro atoms. The van der Waals surface area contributed by atoms with E-state index in [1.54, 1.807) is 0 Å². The van der Waals surface area contributed by atoms with Crippen LogP contribution >= 0.6 is 0 Å². The van der Waals surface area contributed by atoms with Gasteiger partial charge in [-0.15, -0.1) is 0 Å². The van der Waals surface area contributed by atoms with Crippen LogP contribution in [0.2, 0.25) is 0 Å². The van der Waals surface area contributed by atoms with Crippen LogP contribution in [0.5, 0.6) is 0 Å². The van der Waals surface area contributed by atoms with Gasteiger partial charge >= 0.3 is 0 Å². The number of hydrogen-bond acceptors (Lipinski definition) is 4. The fourth-order valence-corrected chi connectivity index (χ4v) is 3.14.